The SMILES string of the molecule is C[C@@]12COCCN1c1cc(OCc3cc(F)cc(C#N)c3)nc(=O)n1C2. The lowest BCUT2D eigenvalue weighted by molar-refractivity contribution is 0.0586. The van der Waals surface area contributed by atoms with Crippen LogP contribution < -0.4 is 15.3 Å². The summed E-state index contributed by atoms with van der Waals surface area (Å²) < 4.78 is 26.3. The minimum absolute atomic E-state index is 0.0166. The molecule has 1 fully saturated rings. The number of aromatic nitrogens is 2. The Kier molecular flexibility index (Phi) is 3.89. The summed E-state index contributed by atoms with van der Waals surface area (Å²) in [4.78, 5) is 18.5. The summed E-state index contributed by atoms with van der Waals surface area (Å²) in [7, 11) is 0. The fourth-order valence-corrected chi connectivity index (χ4v) is 3.53. The van der Waals surface area contributed by atoms with Gasteiger partial charge in [-0.25, -0.2) is 9.18 Å². The summed E-state index contributed by atoms with van der Waals surface area (Å²) >= 11 is 0. The van der Waals surface area contributed by atoms with Crippen molar-refractivity contribution in [3.05, 3.63) is 51.7 Å². The van der Waals surface area contributed by atoms with Crippen LogP contribution in [0.5, 0.6) is 5.88 Å². The molecule has 134 valence electrons. The number of benzene rings is 1. The number of morpholine rings is 1. The van der Waals surface area contributed by atoms with E-state index in [2.05, 4.69) is 16.8 Å². The first kappa shape index (κ1) is 16.5. The van der Waals surface area contributed by atoms with Crippen LogP contribution in [-0.4, -0.2) is 34.8 Å². The lowest BCUT2D eigenvalue weighted by atomic mass is 10.0. The van der Waals surface area contributed by atoms with Gasteiger partial charge in [-0.2, -0.15) is 10.2 Å². The number of anilines is 1. The average molecular weight is 356 g/mol. The lowest BCUT2D eigenvalue weighted by Gasteiger charge is -2.39. The number of hydrogen-bond acceptors (Lipinski definition) is 6. The Morgan fingerprint density at radius 1 is 1.42 bits per heavy atom. The van der Waals surface area contributed by atoms with Crippen LogP contribution in [-0.2, 0) is 17.9 Å². The Bertz CT molecular complexity index is 968. The number of halogens is 1. The highest BCUT2D eigenvalue weighted by Crippen LogP contribution is 2.35. The van der Waals surface area contributed by atoms with E-state index in [1.165, 1.54) is 6.07 Å². The van der Waals surface area contributed by atoms with Gasteiger partial charge in [0, 0.05) is 12.6 Å². The molecule has 7 nitrogen and oxygen atoms in total. The largest absolute Gasteiger partial charge is 0.473 e. The molecule has 8 heteroatoms. The van der Waals surface area contributed by atoms with Gasteiger partial charge in [-0.05, 0) is 30.7 Å². The van der Waals surface area contributed by atoms with E-state index in [0.717, 1.165) is 11.9 Å². The van der Waals surface area contributed by atoms with E-state index in [0.29, 0.717) is 31.9 Å². The summed E-state index contributed by atoms with van der Waals surface area (Å²) in [5.74, 6) is 0.427. The number of fused-ring (bicyclic) bond motifs is 3. The summed E-state index contributed by atoms with van der Waals surface area (Å²) in [6.07, 6.45) is 0. The smallest absolute Gasteiger partial charge is 0.352 e. The molecule has 3 heterocycles. The van der Waals surface area contributed by atoms with Gasteiger partial charge in [0.05, 0.1) is 36.9 Å². The van der Waals surface area contributed by atoms with Gasteiger partial charge in [0.25, 0.3) is 0 Å². The number of rotatable bonds is 3. The molecule has 2 aliphatic rings. The van der Waals surface area contributed by atoms with E-state index < -0.39 is 5.82 Å². The van der Waals surface area contributed by atoms with Crippen molar-refractivity contribution in [3.63, 3.8) is 0 Å². The Morgan fingerprint density at radius 3 is 3.08 bits per heavy atom. The molecule has 1 atom stereocenters. The Balaban J connectivity index is 1.60. The number of nitriles is 1. The molecule has 0 bridgehead atoms. The van der Waals surface area contributed by atoms with Crippen molar-refractivity contribution in [1.29, 1.82) is 5.26 Å². The normalized spacial score (nSPS) is 21.0. The van der Waals surface area contributed by atoms with Crippen molar-refractivity contribution in [1.82, 2.24) is 9.55 Å². The van der Waals surface area contributed by atoms with E-state index in [4.69, 9.17) is 14.7 Å². The second kappa shape index (κ2) is 6.11. The molecular weight excluding hydrogens is 339 g/mol. The van der Waals surface area contributed by atoms with E-state index >= 15 is 0 Å². The monoisotopic (exact) mass is 356 g/mol. The first-order valence-electron chi connectivity index (χ1n) is 8.28. The number of hydrogen-bond donors (Lipinski definition) is 0. The molecule has 0 unspecified atom stereocenters. The third kappa shape index (κ3) is 2.80. The van der Waals surface area contributed by atoms with Crippen molar-refractivity contribution in [2.24, 2.45) is 0 Å². The quantitative estimate of drug-likeness (QED) is 0.828. The van der Waals surface area contributed by atoms with Crippen LogP contribution in [0.25, 0.3) is 0 Å². The second-order valence-electron chi connectivity index (χ2n) is 6.77. The van der Waals surface area contributed by atoms with Crippen LogP contribution in [0.3, 0.4) is 0 Å². The van der Waals surface area contributed by atoms with Gasteiger partial charge in [-0.3, -0.25) is 4.57 Å². The molecule has 2 aromatic rings. The molecule has 0 saturated carbocycles. The van der Waals surface area contributed by atoms with Crippen molar-refractivity contribution < 1.29 is 13.9 Å². The third-order valence-electron chi connectivity index (χ3n) is 4.74. The van der Waals surface area contributed by atoms with Gasteiger partial charge < -0.3 is 14.4 Å². The highest BCUT2D eigenvalue weighted by Gasteiger charge is 2.43. The van der Waals surface area contributed by atoms with Gasteiger partial charge in [0.15, 0.2) is 0 Å². The maximum atomic E-state index is 13.5. The van der Waals surface area contributed by atoms with Crippen molar-refractivity contribution in [3.8, 4) is 11.9 Å². The molecular formula is C18H17FN4O3. The minimum atomic E-state index is -0.506. The molecule has 0 amide bonds. The number of nitrogens with zero attached hydrogens (tertiary/aromatic N) is 4. The maximum Gasteiger partial charge on any atom is 0.352 e. The first-order valence-corrected chi connectivity index (χ1v) is 8.28. The van der Waals surface area contributed by atoms with Crippen molar-refractivity contribution in [2.45, 2.75) is 25.6 Å². The van der Waals surface area contributed by atoms with E-state index in [-0.39, 0.29) is 29.3 Å². The lowest BCUT2D eigenvalue weighted by Crippen LogP contribution is -2.53. The standard InChI is InChI=1S/C18H17FN4O3/c1-18-10-22-16(23(18)2-3-25-11-18)7-15(21-17(22)24)26-9-13-4-12(8-20)5-14(19)6-13/h4-7H,2-3,9-11H2,1H3/t18-/m1/s1. The van der Waals surface area contributed by atoms with Crippen LogP contribution in [0.15, 0.2) is 29.1 Å². The zero-order valence-corrected chi connectivity index (χ0v) is 14.2. The van der Waals surface area contributed by atoms with Gasteiger partial charge in [-0.15, -0.1) is 0 Å². The third-order valence-corrected chi connectivity index (χ3v) is 4.74. The zero-order chi connectivity index (χ0) is 18.3. The molecule has 1 aromatic carbocycles. The zero-order valence-electron chi connectivity index (χ0n) is 14.2. The van der Waals surface area contributed by atoms with E-state index in [1.807, 2.05) is 6.07 Å². The first-order chi connectivity index (χ1) is 12.5. The summed E-state index contributed by atoms with van der Waals surface area (Å²) in [5.41, 5.74) is 0.0644. The molecule has 1 aromatic heterocycles. The van der Waals surface area contributed by atoms with E-state index in [1.54, 1.807) is 16.7 Å². The van der Waals surface area contributed by atoms with Crippen molar-refractivity contribution >= 4 is 5.82 Å². The molecule has 4 rings (SSSR count). The van der Waals surface area contributed by atoms with Crippen LogP contribution in [0.1, 0.15) is 18.1 Å². The predicted molar refractivity (Wildman–Crippen MR) is 90.5 cm³/mol. The van der Waals surface area contributed by atoms with E-state index in [9.17, 15) is 9.18 Å². The molecule has 0 radical (unpaired) electrons. The van der Waals surface area contributed by atoms with Gasteiger partial charge >= 0.3 is 5.69 Å². The Hall–Kier alpha value is -2.92. The highest BCUT2D eigenvalue weighted by atomic mass is 19.1. The van der Waals surface area contributed by atoms with Crippen molar-refractivity contribution in [2.75, 3.05) is 24.7 Å². The average Bonchev–Trinajstić information content (AvgIpc) is 2.92. The molecule has 26 heavy (non-hydrogen) atoms. The van der Waals surface area contributed by atoms with Gasteiger partial charge in [-0.1, -0.05) is 0 Å². The maximum absolute atomic E-state index is 13.5. The molecule has 0 N–H and O–H groups in total. The van der Waals surface area contributed by atoms with Crippen LogP contribution >= 0.6 is 0 Å². The Labute approximate surface area is 149 Å². The van der Waals surface area contributed by atoms with Crippen LogP contribution in [0.4, 0.5) is 10.2 Å². The Morgan fingerprint density at radius 2 is 2.27 bits per heavy atom. The molecule has 0 aliphatic carbocycles. The fourth-order valence-electron chi connectivity index (χ4n) is 3.53. The van der Waals surface area contributed by atoms with Crippen LogP contribution in [0, 0.1) is 17.1 Å². The minimum Gasteiger partial charge on any atom is -0.473 e. The summed E-state index contributed by atoms with van der Waals surface area (Å²) in [6.45, 7) is 4.42. The van der Waals surface area contributed by atoms with Crippen LogP contribution in [0.2, 0.25) is 0 Å². The highest BCUT2D eigenvalue weighted by molar-refractivity contribution is 5.50. The topological polar surface area (TPSA) is 80.4 Å². The predicted octanol–water partition coefficient (Wildman–Crippen LogP) is 1.44. The summed E-state index contributed by atoms with van der Waals surface area (Å²) in [6, 6.07) is 7.62. The molecule has 2 aliphatic heterocycles. The fraction of sp³-hybridized carbons (Fsp3) is 0.389. The van der Waals surface area contributed by atoms with Gasteiger partial charge in [0.1, 0.15) is 18.2 Å². The number of ether oxygens (including phenoxy) is 2. The second-order valence-corrected chi connectivity index (χ2v) is 6.77. The van der Waals surface area contributed by atoms with Gasteiger partial charge in [0.2, 0.25) is 5.88 Å². The summed E-state index contributed by atoms with van der Waals surface area (Å²) in [5, 5.41) is 8.92. The molecule has 1 saturated heterocycles. The molecule has 0 spiro atoms.